The summed E-state index contributed by atoms with van der Waals surface area (Å²) < 4.78 is 11.7. The minimum Gasteiger partial charge on any atom is -0.507 e. The maximum Gasteiger partial charge on any atom is 0.295 e. The average molecular weight is 514 g/mol. The zero-order valence-electron chi connectivity index (χ0n) is 22.3. The maximum atomic E-state index is 13.3. The minimum atomic E-state index is -0.693. The molecule has 1 fully saturated rings. The maximum absolute atomic E-state index is 13.3. The topological polar surface area (TPSA) is 76.1 Å². The number of hydrogen-bond acceptors (Lipinski definition) is 5. The number of rotatable bonds is 11. The minimum absolute atomic E-state index is 0.0949. The number of nitrogens with zero attached hydrogens (tertiary/aromatic N) is 1. The SMILES string of the molecule is CCCCCN1C(=O)C(=O)/C(=C(/O)c2ccc(OCc3ccccc3)c(C)c2)C1c1cccc(OCC)c1. The van der Waals surface area contributed by atoms with Crippen molar-refractivity contribution in [3.8, 4) is 11.5 Å². The Morgan fingerprint density at radius 2 is 1.71 bits per heavy atom. The number of likely N-dealkylation sites (tertiary alicyclic amines) is 1. The molecule has 0 bridgehead atoms. The van der Waals surface area contributed by atoms with Crippen LogP contribution in [0.3, 0.4) is 0 Å². The number of amides is 1. The van der Waals surface area contributed by atoms with E-state index in [4.69, 9.17) is 9.47 Å². The lowest BCUT2D eigenvalue weighted by atomic mass is 9.94. The highest BCUT2D eigenvalue weighted by Crippen LogP contribution is 2.41. The third-order valence-electron chi connectivity index (χ3n) is 6.71. The lowest BCUT2D eigenvalue weighted by Gasteiger charge is -2.25. The van der Waals surface area contributed by atoms with Gasteiger partial charge < -0.3 is 19.5 Å². The fraction of sp³-hybridized carbons (Fsp3) is 0.312. The van der Waals surface area contributed by atoms with Crippen LogP contribution < -0.4 is 9.47 Å². The van der Waals surface area contributed by atoms with E-state index in [0.717, 1.165) is 36.0 Å². The van der Waals surface area contributed by atoms with Crippen LogP contribution in [0.1, 0.15) is 61.4 Å². The van der Waals surface area contributed by atoms with Crippen LogP contribution in [0.15, 0.2) is 78.4 Å². The van der Waals surface area contributed by atoms with Crippen molar-refractivity contribution in [3.05, 3.63) is 101 Å². The monoisotopic (exact) mass is 513 g/mol. The van der Waals surface area contributed by atoms with Gasteiger partial charge in [-0.3, -0.25) is 9.59 Å². The van der Waals surface area contributed by atoms with Gasteiger partial charge in [-0.15, -0.1) is 0 Å². The molecule has 0 radical (unpaired) electrons. The smallest absolute Gasteiger partial charge is 0.295 e. The summed E-state index contributed by atoms with van der Waals surface area (Å²) in [5.41, 5.74) is 3.16. The van der Waals surface area contributed by atoms with Crippen LogP contribution in [0, 0.1) is 6.92 Å². The van der Waals surface area contributed by atoms with Crippen molar-refractivity contribution in [3.63, 3.8) is 0 Å². The predicted molar refractivity (Wildman–Crippen MR) is 148 cm³/mol. The van der Waals surface area contributed by atoms with Crippen molar-refractivity contribution in [2.75, 3.05) is 13.2 Å². The molecule has 198 valence electrons. The van der Waals surface area contributed by atoms with Crippen molar-refractivity contribution >= 4 is 17.4 Å². The van der Waals surface area contributed by atoms with Crippen LogP contribution in [0.25, 0.3) is 5.76 Å². The largest absolute Gasteiger partial charge is 0.507 e. The molecule has 0 saturated carbocycles. The Balaban J connectivity index is 1.70. The van der Waals surface area contributed by atoms with Crippen LogP contribution in [0.2, 0.25) is 0 Å². The Kier molecular flexibility index (Phi) is 8.85. The van der Waals surface area contributed by atoms with E-state index in [2.05, 4.69) is 6.92 Å². The second kappa shape index (κ2) is 12.5. The van der Waals surface area contributed by atoms with Crippen LogP contribution in [-0.4, -0.2) is 34.8 Å². The number of carbonyl (C=O) groups is 2. The molecular weight excluding hydrogens is 478 g/mol. The lowest BCUT2D eigenvalue weighted by Crippen LogP contribution is -2.30. The average Bonchev–Trinajstić information content (AvgIpc) is 3.18. The molecule has 1 heterocycles. The lowest BCUT2D eigenvalue weighted by molar-refractivity contribution is -0.139. The molecule has 1 aliphatic heterocycles. The summed E-state index contributed by atoms with van der Waals surface area (Å²) in [6.07, 6.45) is 2.71. The van der Waals surface area contributed by atoms with E-state index in [0.29, 0.717) is 36.8 Å². The third-order valence-corrected chi connectivity index (χ3v) is 6.71. The molecular formula is C32H35NO5. The van der Waals surface area contributed by atoms with Gasteiger partial charge in [-0.2, -0.15) is 0 Å². The molecule has 1 amide bonds. The molecule has 6 nitrogen and oxygen atoms in total. The van der Waals surface area contributed by atoms with Gasteiger partial charge in [0.15, 0.2) is 0 Å². The summed E-state index contributed by atoms with van der Waals surface area (Å²) >= 11 is 0. The third kappa shape index (κ3) is 5.91. The number of carbonyl (C=O) groups excluding carboxylic acids is 2. The number of ketones is 1. The van der Waals surface area contributed by atoms with E-state index in [9.17, 15) is 14.7 Å². The van der Waals surface area contributed by atoms with E-state index in [1.165, 1.54) is 0 Å². The van der Waals surface area contributed by atoms with Gasteiger partial charge in [-0.25, -0.2) is 0 Å². The number of benzene rings is 3. The summed E-state index contributed by atoms with van der Waals surface area (Å²) in [4.78, 5) is 28.0. The molecule has 3 aromatic rings. The Bertz CT molecular complexity index is 1310. The zero-order valence-corrected chi connectivity index (χ0v) is 22.3. The fourth-order valence-corrected chi connectivity index (χ4v) is 4.78. The van der Waals surface area contributed by atoms with Crippen LogP contribution in [-0.2, 0) is 16.2 Å². The van der Waals surface area contributed by atoms with Crippen molar-refractivity contribution in [2.24, 2.45) is 0 Å². The summed E-state index contributed by atoms with van der Waals surface area (Å²) in [5.74, 6) is -0.112. The summed E-state index contributed by atoms with van der Waals surface area (Å²) in [6.45, 7) is 7.24. The predicted octanol–water partition coefficient (Wildman–Crippen LogP) is 6.58. The first kappa shape index (κ1) is 27.0. The number of aliphatic hydroxyl groups is 1. The highest BCUT2D eigenvalue weighted by Gasteiger charge is 2.45. The summed E-state index contributed by atoms with van der Waals surface area (Å²) in [6, 6.07) is 21.9. The molecule has 0 aliphatic carbocycles. The number of unbranched alkanes of at least 4 members (excludes halogenated alkanes) is 2. The highest BCUT2D eigenvalue weighted by molar-refractivity contribution is 6.46. The Labute approximate surface area is 224 Å². The van der Waals surface area contributed by atoms with E-state index >= 15 is 0 Å². The van der Waals surface area contributed by atoms with Gasteiger partial charge in [0.2, 0.25) is 0 Å². The zero-order chi connectivity index (χ0) is 27.1. The van der Waals surface area contributed by atoms with Gasteiger partial charge in [0, 0.05) is 12.1 Å². The van der Waals surface area contributed by atoms with E-state index in [-0.39, 0.29) is 11.3 Å². The molecule has 38 heavy (non-hydrogen) atoms. The number of Topliss-reactive ketones (excluding diaryl/α,β-unsaturated/α-hetero) is 1. The molecule has 0 spiro atoms. The van der Waals surface area contributed by atoms with Crippen LogP contribution in [0.4, 0.5) is 0 Å². The quantitative estimate of drug-likeness (QED) is 0.136. The first-order valence-corrected chi connectivity index (χ1v) is 13.2. The molecule has 1 N–H and O–H groups in total. The first-order valence-electron chi connectivity index (χ1n) is 13.2. The van der Waals surface area contributed by atoms with Crippen LogP contribution in [0.5, 0.6) is 11.5 Å². The van der Waals surface area contributed by atoms with Crippen LogP contribution >= 0.6 is 0 Å². The van der Waals surface area contributed by atoms with Gasteiger partial charge in [0.25, 0.3) is 11.7 Å². The summed E-state index contributed by atoms with van der Waals surface area (Å²) in [5, 5.41) is 11.4. The second-order valence-corrected chi connectivity index (χ2v) is 9.46. The number of aryl methyl sites for hydroxylation is 1. The molecule has 1 atom stereocenters. The molecule has 6 heteroatoms. The number of hydrogen-bond donors (Lipinski definition) is 1. The Hall–Kier alpha value is -4.06. The molecule has 4 rings (SSSR count). The van der Waals surface area contributed by atoms with Crippen molar-refractivity contribution < 1.29 is 24.2 Å². The van der Waals surface area contributed by atoms with Gasteiger partial charge in [-0.1, -0.05) is 62.2 Å². The first-order chi connectivity index (χ1) is 18.4. The van der Waals surface area contributed by atoms with Gasteiger partial charge in [0.05, 0.1) is 18.2 Å². The highest BCUT2D eigenvalue weighted by atomic mass is 16.5. The van der Waals surface area contributed by atoms with Gasteiger partial charge in [-0.05, 0) is 67.3 Å². The normalized spacial score (nSPS) is 16.6. The second-order valence-electron chi connectivity index (χ2n) is 9.46. The summed E-state index contributed by atoms with van der Waals surface area (Å²) in [7, 11) is 0. The van der Waals surface area contributed by atoms with Crippen molar-refractivity contribution in [1.82, 2.24) is 4.90 Å². The van der Waals surface area contributed by atoms with E-state index in [1.807, 2.05) is 68.4 Å². The van der Waals surface area contributed by atoms with E-state index < -0.39 is 17.7 Å². The molecule has 1 saturated heterocycles. The fourth-order valence-electron chi connectivity index (χ4n) is 4.78. The standard InChI is InChI=1S/C32H35NO5/c1-4-6-10-18-33-29(24-14-11-15-26(20-24)37-5-2)28(31(35)32(33)36)30(34)25-16-17-27(22(3)19-25)38-21-23-12-8-7-9-13-23/h7-9,11-17,19-20,29,34H,4-6,10,18,21H2,1-3H3/b30-28+. The number of aliphatic hydroxyl groups excluding tert-OH is 1. The van der Waals surface area contributed by atoms with Gasteiger partial charge >= 0.3 is 0 Å². The van der Waals surface area contributed by atoms with Gasteiger partial charge in [0.1, 0.15) is 23.9 Å². The van der Waals surface area contributed by atoms with E-state index in [1.54, 1.807) is 23.1 Å². The molecule has 3 aromatic carbocycles. The Morgan fingerprint density at radius 1 is 0.921 bits per heavy atom. The molecule has 1 unspecified atom stereocenters. The van der Waals surface area contributed by atoms with Crippen molar-refractivity contribution in [2.45, 2.75) is 52.7 Å². The molecule has 0 aromatic heterocycles. The van der Waals surface area contributed by atoms with Crippen molar-refractivity contribution in [1.29, 1.82) is 0 Å². The number of ether oxygens (including phenoxy) is 2. The molecule has 1 aliphatic rings. The Morgan fingerprint density at radius 3 is 2.42 bits per heavy atom.